The Balaban J connectivity index is 1.61. The molecule has 1 amide bonds. The van der Waals surface area contributed by atoms with E-state index in [1.807, 2.05) is 6.92 Å². The largest absolute Gasteiger partial charge is 0.349 e. The molecule has 2 N–H and O–H groups in total. The molecule has 2 atom stereocenters. The fraction of sp³-hybridized carbons (Fsp3) is 0.400. The molecule has 1 aliphatic rings. The molecule has 0 radical (unpaired) electrons. The minimum Gasteiger partial charge on any atom is -0.349 e. The van der Waals surface area contributed by atoms with Crippen molar-refractivity contribution in [1.29, 1.82) is 0 Å². The monoisotopic (exact) mass is 517 g/mol. The summed E-state index contributed by atoms with van der Waals surface area (Å²) in [5.74, 6) is -0.546. The number of hydrogen-bond donors (Lipinski definition) is 2. The van der Waals surface area contributed by atoms with E-state index in [0.29, 0.717) is 35.8 Å². The summed E-state index contributed by atoms with van der Waals surface area (Å²) in [6.45, 7) is 1.86. The van der Waals surface area contributed by atoms with Crippen molar-refractivity contribution >= 4 is 50.4 Å². The van der Waals surface area contributed by atoms with Gasteiger partial charge in [0, 0.05) is 12.0 Å². The van der Waals surface area contributed by atoms with Crippen molar-refractivity contribution in [2.45, 2.75) is 44.7 Å². The van der Waals surface area contributed by atoms with E-state index < -0.39 is 11.3 Å². The molecule has 1 aromatic carbocycles. The average molecular weight is 519 g/mol. The van der Waals surface area contributed by atoms with E-state index in [1.165, 1.54) is 22.6 Å². The lowest BCUT2D eigenvalue weighted by molar-refractivity contribution is -0.126. The first kappa shape index (κ1) is 23.1. The van der Waals surface area contributed by atoms with Gasteiger partial charge >= 0.3 is 0 Å². The molecule has 30 heavy (non-hydrogen) atoms. The van der Waals surface area contributed by atoms with Crippen LogP contribution in [0.2, 0.25) is 5.15 Å². The normalized spacial score (nSPS) is 21.0. The SMILES string of the molecule is C[C@@H](NC(=O)C1CCC(N(c2cnc(Cl)c(Br)c2)S(=O)O)CC1)c1ccc(F)cc1. The highest BCUT2D eigenvalue weighted by Crippen LogP contribution is 2.33. The standard InChI is InChI=1S/C20H22BrClFN3O3S/c1-12(13-2-6-15(23)7-3-13)25-20(27)14-4-8-16(9-5-14)26(30(28)29)17-10-18(21)19(22)24-11-17/h2-3,6-7,10-12,14,16H,4-5,8-9H2,1H3,(H,25,27)(H,28,29)/t12-,14?,16?/m1/s1. The van der Waals surface area contributed by atoms with Gasteiger partial charge in [-0.05, 0) is 72.3 Å². The van der Waals surface area contributed by atoms with E-state index in [1.54, 1.807) is 18.2 Å². The van der Waals surface area contributed by atoms with Gasteiger partial charge in [-0.3, -0.25) is 13.7 Å². The molecule has 0 bridgehead atoms. The Morgan fingerprint density at radius 3 is 2.53 bits per heavy atom. The Morgan fingerprint density at radius 1 is 1.33 bits per heavy atom. The molecular formula is C20H22BrClFN3O3S. The first-order valence-corrected chi connectivity index (χ1v) is 11.8. The number of nitrogens with zero attached hydrogens (tertiary/aromatic N) is 2. The molecule has 3 rings (SSSR count). The molecule has 162 valence electrons. The van der Waals surface area contributed by atoms with E-state index in [-0.39, 0.29) is 34.9 Å². The first-order valence-electron chi connectivity index (χ1n) is 9.53. The van der Waals surface area contributed by atoms with E-state index >= 15 is 0 Å². The van der Waals surface area contributed by atoms with Crippen molar-refractivity contribution in [1.82, 2.24) is 10.3 Å². The van der Waals surface area contributed by atoms with Crippen LogP contribution in [0.4, 0.5) is 10.1 Å². The van der Waals surface area contributed by atoms with Gasteiger partial charge in [-0.15, -0.1) is 0 Å². The number of carbonyl (C=O) groups excluding carboxylic acids is 1. The van der Waals surface area contributed by atoms with Gasteiger partial charge in [0.1, 0.15) is 11.0 Å². The molecule has 0 saturated heterocycles. The van der Waals surface area contributed by atoms with Gasteiger partial charge < -0.3 is 5.32 Å². The third-order valence-electron chi connectivity index (χ3n) is 5.33. The summed E-state index contributed by atoms with van der Waals surface area (Å²) in [4.78, 5) is 16.7. The number of carbonyl (C=O) groups is 1. The van der Waals surface area contributed by atoms with Crippen molar-refractivity contribution in [3.63, 3.8) is 0 Å². The molecule has 0 aliphatic heterocycles. The summed E-state index contributed by atoms with van der Waals surface area (Å²) in [5.41, 5.74) is 1.33. The molecule has 1 aromatic heterocycles. The van der Waals surface area contributed by atoms with Crippen LogP contribution >= 0.6 is 27.5 Å². The Hall–Kier alpha value is -1.55. The Labute approximate surface area is 190 Å². The van der Waals surface area contributed by atoms with Crippen LogP contribution in [0, 0.1) is 11.7 Å². The maximum absolute atomic E-state index is 13.1. The quantitative estimate of drug-likeness (QED) is 0.416. The minimum atomic E-state index is -2.23. The van der Waals surface area contributed by atoms with Gasteiger partial charge in [-0.25, -0.2) is 13.6 Å². The maximum Gasteiger partial charge on any atom is 0.262 e. The van der Waals surface area contributed by atoms with Crippen LogP contribution in [-0.2, 0) is 16.1 Å². The van der Waals surface area contributed by atoms with E-state index in [4.69, 9.17) is 11.6 Å². The second-order valence-corrected chi connectivity index (χ2v) is 9.38. The van der Waals surface area contributed by atoms with Crippen LogP contribution in [0.15, 0.2) is 41.0 Å². The summed E-state index contributed by atoms with van der Waals surface area (Å²) in [7, 11) is 0. The van der Waals surface area contributed by atoms with Crippen molar-refractivity contribution < 1.29 is 17.9 Å². The predicted octanol–water partition coefficient (Wildman–Crippen LogP) is 5.02. The van der Waals surface area contributed by atoms with Crippen molar-refractivity contribution in [2.24, 2.45) is 5.92 Å². The van der Waals surface area contributed by atoms with E-state index in [2.05, 4.69) is 26.2 Å². The molecular weight excluding hydrogens is 497 g/mol. The fourth-order valence-corrected chi connectivity index (χ4v) is 4.89. The molecule has 1 heterocycles. The van der Waals surface area contributed by atoms with Crippen molar-refractivity contribution in [2.75, 3.05) is 4.31 Å². The molecule has 1 aliphatic carbocycles. The van der Waals surface area contributed by atoms with Crippen LogP contribution < -0.4 is 9.62 Å². The lowest BCUT2D eigenvalue weighted by Crippen LogP contribution is -2.42. The van der Waals surface area contributed by atoms with Crippen molar-refractivity contribution in [3.05, 3.63) is 57.5 Å². The Bertz CT molecular complexity index is 926. The summed E-state index contributed by atoms with van der Waals surface area (Å²) in [6, 6.07) is 7.30. The summed E-state index contributed by atoms with van der Waals surface area (Å²) >= 11 is 6.98. The molecule has 1 unspecified atom stereocenters. The van der Waals surface area contributed by atoms with Gasteiger partial charge in [0.2, 0.25) is 5.91 Å². The molecule has 2 aromatic rings. The van der Waals surface area contributed by atoms with Gasteiger partial charge in [0.25, 0.3) is 11.3 Å². The summed E-state index contributed by atoms with van der Waals surface area (Å²) in [6.07, 6.45) is 3.85. The third kappa shape index (κ3) is 5.57. The van der Waals surface area contributed by atoms with Crippen LogP contribution in [0.1, 0.15) is 44.2 Å². The number of amides is 1. The van der Waals surface area contributed by atoms with Crippen LogP contribution in [0.5, 0.6) is 0 Å². The Kier molecular flexibility index (Phi) is 7.84. The lowest BCUT2D eigenvalue weighted by atomic mass is 9.85. The number of hydrogen-bond acceptors (Lipinski definition) is 3. The molecule has 1 saturated carbocycles. The van der Waals surface area contributed by atoms with E-state index in [0.717, 1.165) is 5.56 Å². The van der Waals surface area contributed by atoms with Gasteiger partial charge in [-0.2, -0.15) is 0 Å². The van der Waals surface area contributed by atoms with Gasteiger partial charge in [-0.1, -0.05) is 23.7 Å². The van der Waals surface area contributed by atoms with Crippen molar-refractivity contribution in [3.8, 4) is 0 Å². The van der Waals surface area contributed by atoms with Crippen LogP contribution in [-0.4, -0.2) is 25.7 Å². The zero-order valence-electron chi connectivity index (χ0n) is 16.2. The maximum atomic E-state index is 13.1. The number of benzene rings is 1. The lowest BCUT2D eigenvalue weighted by Gasteiger charge is -2.35. The molecule has 1 fully saturated rings. The van der Waals surface area contributed by atoms with E-state index in [9.17, 15) is 17.9 Å². The first-order chi connectivity index (χ1) is 14.3. The fourth-order valence-electron chi connectivity index (χ4n) is 3.70. The van der Waals surface area contributed by atoms with Crippen LogP contribution in [0.25, 0.3) is 0 Å². The predicted molar refractivity (Wildman–Crippen MR) is 119 cm³/mol. The number of halogens is 3. The number of nitrogens with one attached hydrogen (secondary N) is 1. The molecule has 0 spiro atoms. The summed E-state index contributed by atoms with van der Waals surface area (Å²) in [5, 5.41) is 3.26. The molecule has 6 nitrogen and oxygen atoms in total. The number of rotatable bonds is 6. The number of pyridine rings is 1. The third-order valence-corrected chi connectivity index (χ3v) is 7.31. The smallest absolute Gasteiger partial charge is 0.262 e. The second-order valence-electron chi connectivity index (χ2n) is 7.31. The van der Waals surface area contributed by atoms with Gasteiger partial charge in [0.05, 0.1) is 22.4 Å². The second kappa shape index (κ2) is 10.2. The van der Waals surface area contributed by atoms with Crippen LogP contribution in [0.3, 0.4) is 0 Å². The Morgan fingerprint density at radius 2 is 1.97 bits per heavy atom. The summed E-state index contributed by atoms with van der Waals surface area (Å²) < 4.78 is 36.9. The number of anilines is 1. The highest BCUT2D eigenvalue weighted by Gasteiger charge is 2.32. The number of aromatic nitrogens is 1. The van der Waals surface area contributed by atoms with Gasteiger partial charge in [0.15, 0.2) is 0 Å². The average Bonchev–Trinajstić information content (AvgIpc) is 2.71. The zero-order valence-corrected chi connectivity index (χ0v) is 19.4. The zero-order chi connectivity index (χ0) is 21.8. The highest BCUT2D eigenvalue weighted by atomic mass is 79.9. The highest BCUT2D eigenvalue weighted by molar-refractivity contribution is 9.10. The minimum absolute atomic E-state index is 0.0575. The molecule has 10 heteroatoms. The topological polar surface area (TPSA) is 82.5 Å².